The van der Waals surface area contributed by atoms with Crippen molar-refractivity contribution in [1.82, 2.24) is 4.31 Å². The average molecular weight is 578 g/mol. The van der Waals surface area contributed by atoms with E-state index in [4.69, 9.17) is 11.6 Å². The predicted molar refractivity (Wildman–Crippen MR) is 152 cm³/mol. The molecule has 0 saturated carbocycles. The van der Waals surface area contributed by atoms with E-state index in [2.05, 4.69) is 10.0 Å². The fraction of sp³-hybridized carbons (Fsp3) is 0.370. The van der Waals surface area contributed by atoms with E-state index in [0.717, 1.165) is 25.7 Å². The van der Waals surface area contributed by atoms with Crippen molar-refractivity contribution in [3.05, 3.63) is 60.7 Å². The van der Waals surface area contributed by atoms with Crippen molar-refractivity contribution in [1.29, 1.82) is 0 Å². The lowest BCUT2D eigenvalue weighted by Gasteiger charge is -2.21. The smallest absolute Gasteiger partial charge is 0.262 e. The molecule has 1 heterocycles. The Labute approximate surface area is 229 Å². The van der Waals surface area contributed by atoms with Crippen LogP contribution < -0.4 is 10.0 Å². The number of amides is 1. The van der Waals surface area contributed by atoms with Gasteiger partial charge in [0.1, 0.15) is 0 Å². The van der Waals surface area contributed by atoms with Gasteiger partial charge in [-0.25, -0.2) is 16.8 Å². The molecule has 0 aromatic heterocycles. The van der Waals surface area contributed by atoms with Crippen LogP contribution >= 0.6 is 11.6 Å². The Morgan fingerprint density at radius 2 is 1.34 bits per heavy atom. The first kappa shape index (κ1) is 28.4. The third-order valence-electron chi connectivity index (χ3n) is 6.66. The van der Waals surface area contributed by atoms with E-state index in [9.17, 15) is 21.6 Å². The molecule has 204 valence electrons. The zero-order valence-electron chi connectivity index (χ0n) is 21.4. The molecule has 0 atom stereocenters. The quantitative estimate of drug-likeness (QED) is 0.348. The number of hydrogen-bond donors (Lipinski definition) is 2. The standard InChI is InChI=1S/C27H32ClN3O5S2/c1-27(2,19-28)26(32)29-20-13-15-21(16-14-20)30-37(33,34)24-11-7-10-23-22(24)9-8-12-25(23)38(35,36)31-17-5-3-4-6-18-31/h7-16,30H,3-6,17-19H2,1-2H3,(H,29,32). The van der Waals surface area contributed by atoms with Crippen LogP contribution in [0.25, 0.3) is 10.8 Å². The number of fused-ring (bicyclic) bond motifs is 1. The van der Waals surface area contributed by atoms with Gasteiger partial charge in [-0.3, -0.25) is 9.52 Å². The molecule has 1 fully saturated rings. The van der Waals surface area contributed by atoms with Crippen molar-refractivity contribution in [3.63, 3.8) is 0 Å². The summed E-state index contributed by atoms with van der Waals surface area (Å²) < 4.78 is 57.9. The molecule has 0 unspecified atom stereocenters. The van der Waals surface area contributed by atoms with Gasteiger partial charge >= 0.3 is 0 Å². The number of hydrogen-bond acceptors (Lipinski definition) is 5. The molecule has 2 N–H and O–H groups in total. The first-order valence-corrected chi connectivity index (χ1v) is 15.9. The van der Waals surface area contributed by atoms with Gasteiger partial charge in [0.2, 0.25) is 15.9 Å². The highest BCUT2D eigenvalue weighted by Gasteiger charge is 2.29. The molecule has 4 rings (SSSR count). The Morgan fingerprint density at radius 3 is 1.92 bits per heavy atom. The van der Waals surface area contributed by atoms with Gasteiger partial charge in [0.15, 0.2) is 0 Å². The molecule has 8 nitrogen and oxygen atoms in total. The van der Waals surface area contributed by atoms with E-state index in [-0.39, 0.29) is 21.6 Å². The third kappa shape index (κ3) is 5.98. The topological polar surface area (TPSA) is 113 Å². The Morgan fingerprint density at radius 1 is 0.816 bits per heavy atom. The second-order valence-electron chi connectivity index (χ2n) is 10.1. The van der Waals surface area contributed by atoms with Crippen LogP contribution in [0.1, 0.15) is 39.5 Å². The summed E-state index contributed by atoms with van der Waals surface area (Å²) in [6, 6.07) is 15.6. The molecule has 3 aromatic carbocycles. The molecule has 1 aliphatic rings. The minimum atomic E-state index is -4.06. The van der Waals surface area contributed by atoms with Gasteiger partial charge in [-0.15, -0.1) is 11.6 Å². The number of halogens is 1. The van der Waals surface area contributed by atoms with E-state index < -0.39 is 25.5 Å². The highest BCUT2D eigenvalue weighted by atomic mass is 35.5. The van der Waals surface area contributed by atoms with Crippen LogP contribution in [0.5, 0.6) is 0 Å². The Balaban J connectivity index is 1.62. The maximum atomic E-state index is 13.5. The first-order chi connectivity index (χ1) is 18.0. The normalized spacial score (nSPS) is 15.7. The van der Waals surface area contributed by atoms with E-state index in [1.807, 2.05) is 0 Å². The lowest BCUT2D eigenvalue weighted by Crippen LogP contribution is -2.32. The lowest BCUT2D eigenvalue weighted by atomic mass is 9.95. The Hall–Kier alpha value is -2.66. The fourth-order valence-electron chi connectivity index (χ4n) is 4.33. The van der Waals surface area contributed by atoms with Crippen LogP contribution in [0.3, 0.4) is 0 Å². The van der Waals surface area contributed by atoms with Crippen LogP contribution in [0, 0.1) is 5.41 Å². The van der Waals surface area contributed by atoms with Crippen molar-refractivity contribution in [3.8, 4) is 0 Å². The van der Waals surface area contributed by atoms with Crippen LogP contribution in [0.2, 0.25) is 0 Å². The molecule has 11 heteroatoms. The van der Waals surface area contributed by atoms with Gasteiger partial charge in [0, 0.05) is 41.1 Å². The van der Waals surface area contributed by atoms with Crippen LogP contribution in [0.4, 0.5) is 11.4 Å². The summed E-state index contributed by atoms with van der Waals surface area (Å²) in [6.45, 7) is 4.37. The van der Waals surface area contributed by atoms with Crippen molar-refractivity contribution in [2.45, 2.75) is 49.3 Å². The van der Waals surface area contributed by atoms with Gasteiger partial charge < -0.3 is 5.32 Å². The zero-order valence-corrected chi connectivity index (χ0v) is 23.8. The van der Waals surface area contributed by atoms with Crippen LogP contribution in [0.15, 0.2) is 70.5 Å². The van der Waals surface area contributed by atoms with Gasteiger partial charge in [-0.05, 0) is 63.1 Å². The predicted octanol–water partition coefficient (Wildman–Crippen LogP) is 5.41. The minimum Gasteiger partial charge on any atom is -0.326 e. The summed E-state index contributed by atoms with van der Waals surface area (Å²) in [5.41, 5.74) is 0.0463. The molecule has 0 radical (unpaired) electrons. The number of benzene rings is 3. The average Bonchev–Trinajstić information content (AvgIpc) is 3.19. The number of rotatable bonds is 8. The Bertz CT molecular complexity index is 1530. The maximum Gasteiger partial charge on any atom is 0.262 e. The second kappa shape index (κ2) is 11.2. The number of nitrogens with one attached hydrogen (secondary N) is 2. The molecule has 0 spiro atoms. The molecule has 1 amide bonds. The molecule has 3 aromatic rings. The van der Waals surface area contributed by atoms with Crippen molar-refractivity contribution < 1.29 is 21.6 Å². The summed E-state index contributed by atoms with van der Waals surface area (Å²) >= 11 is 5.86. The number of carbonyl (C=O) groups excluding carboxylic acids is 1. The summed E-state index contributed by atoms with van der Waals surface area (Å²) in [7, 11) is -7.84. The fourth-order valence-corrected chi connectivity index (χ4v) is 7.45. The van der Waals surface area contributed by atoms with Crippen molar-refractivity contribution in [2.24, 2.45) is 5.41 Å². The summed E-state index contributed by atoms with van der Waals surface area (Å²) in [6.07, 6.45) is 3.60. The minimum absolute atomic E-state index is 0.0239. The monoisotopic (exact) mass is 577 g/mol. The summed E-state index contributed by atoms with van der Waals surface area (Å²) in [5.74, 6) is -0.0921. The molecular weight excluding hydrogens is 546 g/mol. The first-order valence-electron chi connectivity index (χ1n) is 12.5. The number of sulfonamides is 2. The number of nitrogens with zero attached hydrogens (tertiary/aromatic N) is 1. The Kier molecular flexibility index (Phi) is 8.37. The summed E-state index contributed by atoms with van der Waals surface area (Å²) in [5, 5.41) is 3.45. The lowest BCUT2D eigenvalue weighted by molar-refractivity contribution is -0.122. The molecular formula is C27H32ClN3O5S2. The molecule has 0 aliphatic carbocycles. The van der Waals surface area contributed by atoms with Gasteiger partial charge in [-0.2, -0.15) is 4.31 Å². The highest BCUT2D eigenvalue weighted by Crippen LogP contribution is 2.32. The van der Waals surface area contributed by atoms with Crippen LogP contribution in [-0.2, 0) is 24.8 Å². The zero-order chi connectivity index (χ0) is 27.6. The highest BCUT2D eigenvalue weighted by molar-refractivity contribution is 7.93. The van der Waals surface area contributed by atoms with Gasteiger partial charge in [-0.1, -0.05) is 37.1 Å². The number of carbonyl (C=O) groups is 1. The van der Waals surface area contributed by atoms with Gasteiger partial charge in [0.05, 0.1) is 15.2 Å². The van der Waals surface area contributed by atoms with E-state index in [0.29, 0.717) is 35.2 Å². The number of anilines is 2. The largest absolute Gasteiger partial charge is 0.326 e. The van der Waals surface area contributed by atoms with Crippen molar-refractivity contribution in [2.75, 3.05) is 29.0 Å². The second-order valence-corrected chi connectivity index (χ2v) is 13.9. The van der Waals surface area contributed by atoms with E-state index >= 15 is 0 Å². The maximum absolute atomic E-state index is 13.5. The molecule has 1 saturated heterocycles. The van der Waals surface area contributed by atoms with Crippen LogP contribution in [-0.4, -0.2) is 46.0 Å². The molecule has 0 bridgehead atoms. The SMILES string of the molecule is CC(C)(CCl)C(=O)Nc1ccc(NS(=O)(=O)c2cccc3c(S(=O)(=O)N4CCCCCC4)cccc23)cc1. The third-order valence-corrected chi connectivity index (χ3v) is 10.7. The molecule has 38 heavy (non-hydrogen) atoms. The van der Waals surface area contributed by atoms with Crippen molar-refractivity contribution >= 4 is 59.7 Å². The van der Waals surface area contributed by atoms with Gasteiger partial charge in [0.25, 0.3) is 10.0 Å². The molecule has 1 aliphatic heterocycles. The van der Waals surface area contributed by atoms with E-state index in [1.165, 1.54) is 16.4 Å². The number of alkyl halides is 1. The summed E-state index contributed by atoms with van der Waals surface area (Å²) in [4.78, 5) is 12.4. The van der Waals surface area contributed by atoms with E-state index in [1.54, 1.807) is 62.4 Å².